The molecular weight excluding hydrogens is 380 g/mol. The van der Waals surface area contributed by atoms with E-state index in [1.807, 2.05) is 17.5 Å². The fourth-order valence-corrected chi connectivity index (χ4v) is 3.75. The van der Waals surface area contributed by atoms with Crippen molar-refractivity contribution in [2.75, 3.05) is 43.0 Å². The Morgan fingerprint density at radius 1 is 1.21 bits per heavy atom. The number of rotatable bonds is 4. The SMILES string of the molecule is O=C(Nc1nccs1)N1CCN(c2ccc3c(=O)n(CCO)cnc3c2)CC1. The van der Waals surface area contributed by atoms with Gasteiger partial charge in [0.15, 0.2) is 5.13 Å². The van der Waals surface area contributed by atoms with E-state index in [0.29, 0.717) is 42.2 Å². The maximum absolute atomic E-state index is 12.4. The number of hydrogen-bond acceptors (Lipinski definition) is 7. The van der Waals surface area contributed by atoms with Gasteiger partial charge in [-0.2, -0.15) is 0 Å². The van der Waals surface area contributed by atoms with Gasteiger partial charge in [-0.1, -0.05) is 0 Å². The van der Waals surface area contributed by atoms with Crippen LogP contribution < -0.4 is 15.8 Å². The second kappa shape index (κ2) is 7.95. The number of fused-ring (bicyclic) bond motifs is 1. The fraction of sp³-hybridized carbons (Fsp3) is 0.333. The Hall–Kier alpha value is -2.98. The number of benzene rings is 1. The number of nitrogens with zero attached hydrogens (tertiary/aromatic N) is 5. The molecule has 146 valence electrons. The minimum Gasteiger partial charge on any atom is -0.395 e. The van der Waals surface area contributed by atoms with E-state index in [2.05, 4.69) is 20.2 Å². The summed E-state index contributed by atoms with van der Waals surface area (Å²) in [5.74, 6) is 0. The number of aromatic nitrogens is 3. The summed E-state index contributed by atoms with van der Waals surface area (Å²) in [4.78, 5) is 37.1. The first-order valence-corrected chi connectivity index (χ1v) is 9.84. The molecule has 28 heavy (non-hydrogen) atoms. The quantitative estimate of drug-likeness (QED) is 0.682. The highest BCUT2D eigenvalue weighted by atomic mass is 32.1. The van der Waals surface area contributed by atoms with Gasteiger partial charge in [0.25, 0.3) is 5.56 Å². The largest absolute Gasteiger partial charge is 0.395 e. The van der Waals surface area contributed by atoms with Crippen molar-refractivity contribution in [3.63, 3.8) is 0 Å². The lowest BCUT2D eigenvalue weighted by molar-refractivity contribution is 0.208. The smallest absolute Gasteiger partial charge is 0.323 e. The van der Waals surface area contributed by atoms with Gasteiger partial charge in [0, 0.05) is 43.4 Å². The number of hydrogen-bond donors (Lipinski definition) is 2. The summed E-state index contributed by atoms with van der Waals surface area (Å²) in [7, 11) is 0. The van der Waals surface area contributed by atoms with Gasteiger partial charge < -0.3 is 14.9 Å². The molecule has 4 rings (SSSR count). The van der Waals surface area contributed by atoms with Crippen LogP contribution >= 0.6 is 11.3 Å². The molecule has 0 aliphatic carbocycles. The zero-order valence-corrected chi connectivity index (χ0v) is 15.9. The number of piperazine rings is 1. The summed E-state index contributed by atoms with van der Waals surface area (Å²) in [6.07, 6.45) is 3.12. The number of carbonyl (C=O) groups excluding carboxylic acids is 1. The summed E-state index contributed by atoms with van der Waals surface area (Å²) >= 11 is 1.39. The first kappa shape index (κ1) is 18.4. The summed E-state index contributed by atoms with van der Waals surface area (Å²) < 4.78 is 1.40. The molecule has 1 fully saturated rings. The average molecular weight is 400 g/mol. The second-order valence-electron chi connectivity index (χ2n) is 6.41. The number of carbonyl (C=O) groups is 1. The highest BCUT2D eigenvalue weighted by molar-refractivity contribution is 7.13. The molecule has 0 radical (unpaired) electrons. The van der Waals surface area contributed by atoms with Crippen molar-refractivity contribution >= 4 is 39.1 Å². The molecule has 2 aromatic heterocycles. The molecule has 1 aliphatic heterocycles. The third kappa shape index (κ3) is 3.69. The number of anilines is 2. The number of urea groups is 1. The summed E-state index contributed by atoms with van der Waals surface area (Å²) in [6.45, 7) is 2.71. The van der Waals surface area contributed by atoms with Crippen LogP contribution in [0, 0.1) is 0 Å². The Morgan fingerprint density at radius 3 is 2.75 bits per heavy atom. The second-order valence-corrected chi connectivity index (χ2v) is 7.30. The normalized spacial score (nSPS) is 14.5. The third-order valence-electron chi connectivity index (χ3n) is 4.73. The predicted octanol–water partition coefficient (Wildman–Crippen LogP) is 1.20. The van der Waals surface area contributed by atoms with Crippen molar-refractivity contribution in [3.8, 4) is 0 Å². The van der Waals surface area contributed by atoms with E-state index in [0.717, 1.165) is 5.69 Å². The van der Waals surface area contributed by atoms with E-state index in [1.54, 1.807) is 17.2 Å². The van der Waals surface area contributed by atoms with Crippen molar-refractivity contribution < 1.29 is 9.90 Å². The summed E-state index contributed by atoms with van der Waals surface area (Å²) in [5.41, 5.74) is 1.44. The molecule has 0 unspecified atom stereocenters. The molecule has 3 aromatic rings. The Bertz CT molecular complexity index is 1030. The van der Waals surface area contributed by atoms with E-state index in [9.17, 15) is 9.59 Å². The lowest BCUT2D eigenvalue weighted by Crippen LogP contribution is -2.50. The molecule has 9 nitrogen and oxygen atoms in total. The molecule has 1 aromatic carbocycles. The molecule has 0 spiro atoms. The number of nitrogens with one attached hydrogen (secondary N) is 1. The molecule has 1 saturated heterocycles. The highest BCUT2D eigenvalue weighted by Crippen LogP contribution is 2.21. The van der Waals surface area contributed by atoms with Crippen molar-refractivity contribution in [2.45, 2.75) is 6.54 Å². The molecule has 0 saturated carbocycles. The van der Waals surface area contributed by atoms with E-state index in [-0.39, 0.29) is 24.7 Å². The number of aliphatic hydroxyl groups excluding tert-OH is 1. The third-order valence-corrected chi connectivity index (χ3v) is 5.42. The topological polar surface area (TPSA) is 104 Å². The van der Waals surface area contributed by atoms with Crippen LogP contribution in [0.1, 0.15) is 0 Å². The number of thiazole rings is 1. The lowest BCUT2D eigenvalue weighted by Gasteiger charge is -2.35. The number of aliphatic hydroxyl groups is 1. The minimum absolute atomic E-state index is 0.106. The van der Waals surface area contributed by atoms with E-state index < -0.39 is 0 Å². The Morgan fingerprint density at radius 2 is 2.04 bits per heavy atom. The van der Waals surface area contributed by atoms with Gasteiger partial charge in [-0.3, -0.25) is 14.7 Å². The van der Waals surface area contributed by atoms with Crippen LogP contribution in [-0.4, -0.2) is 63.4 Å². The molecule has 2 amide bonds. The molecular formula is C18H20N6O3S. The van der Waals surface area contributed by atoms with Crippen molar-refractivity contribution in [1.82, 2.24) is 19.4 Å². The van der Waals surface area contributed by atoms with Crippen molar-refractivity contribution in [2.24, 2.45) is 0 Å². The maximum Gasteiger partial charge on any atom is 0.323 e. The van der Waals surface area contributed by atoms with Crippen molar-refractivity contribution in [1.29, 1.82) is 0 Å². The van der Waals surface area contributed by atoms with Crippen LogP contribution in [-0.2, 0) is 6.54 Å². The van der Waals surface area contributed by atoms with Gasteiger partial charge in [-0.05, 0) is 18.2 Å². The summed E-state index contributed by atoms with van der Waals surface area (Å²) in [5, 5.41) is 14.8. The zero-order valence-electron chi connectivity index (χ0n) is 15.1. The van der Waals surface area contributed by atoms with Gasteiger partial charge in [0.2, 0.25) is 0 Å². The average Bonchev–Trinajstić information content (AvgIpc) is 3.23. The standard InChI is InChI=1S/C18H20N6O3S/c25-9-8-24-12-20-15-11-13(1-2-14(15)16(24)26)22-4-6-23(7-5-22)18(27)21-17-19-3-10-28-17/h1-3,10-12,25H,4-9H2,(H,19,21,27). The maximum atomic E-state index is 12.4. The molecule has 0 atom stereocenters. The molecule has 10 heteroatoms. The van der Waals surface area contributed by atoms with Gasteiger partial charge in [-0.15, -0.1) is 11.3 Å². The van der Waals surface area contributed by atoms with Gasteiger partial charge in [-0.25, -0.2) is 14.8 Å². The monoisotopic (exact) mass is 400 g/mol. The first-order valence-electron chi connectivity index (χ1n) is 8.96. The van der Waals surface area contributed by atoms with Crippen LogP contribution in [0.2, 0.25) is 0 Å². The predicted molar refractivity (Wildman–Crippen MR) is 108 cm³/mol. The van der Waals surface area contributed by atoms with E-state index >= 15 is 0 Å². The Balaban J connectivity index is 1.44. The van der Waals surface area contributed by atoms with Crippen molar-refractivity contribution in [3.05, 3.63) is 46.5 Å². The fourth-order valence-electron chi connectivity index (χ4n) is 3.23. The van der Waals surface area contributed by atoms with Gasteiger partial charge >= 0.3 is 6.03 Å². The van der Waals surface area contributed by atoms with Crippen LogP contribution in [0.4, 0.5) is 15.6 Å². The Labute approximate surface area is 164 Å². The van der Waals surface area contributed by atoms with Crippen LogP contribution in [0.3, 0.4) is 0 Å². The molecule has 2 N–H and O–H groups in total. The molecule has 3 heterocycles. The first-order chi connectivity index (χ1) is 13.7. The van der Waals surface area contributed by atoms with Gasteiger partial charge in [0.05, 0.1) is 30.4 Å². The molecule has 0 bridgehead atoms. The van der Waals surface area contributed by atoms with E-state index in [4.69, 9.17) is 5.11 Å². The van der Waals surface area contributed by atoms with Crippen LogP contribution in [0.15, 0.2) is 40.9 Å². The van der Waals surface area contributed by atoms with Gasteiger partial charge in [0.1, 0.15) is 0 Å². The number of amides is 2. The summed E-state index contributed by atoms with van der Waals surface area (Å²) in [6, 6.07) is 5.43. The Kier molecular flexibility index (Phi) is 5.22. The van der Waals surface area contributed by atoms with Crippen LogP contribution in [0.25, 0.3) is 10.9 Å². The highest BCUT2D eigenvalue weighted by Gasteiger charge is 2.22. The molecule has 1 aliphatic rings. The van der Waals surface area contributed by atoms with Crippen LogP contribution in [0.5, 0.6) is 0 Å². The zero-order chi connectivity index (χ0) is 19.5. The lowest BCUT2D eigenvalue weighted by atomic mass is 10.2. The van der Waals surface area contributed by atoms with E-state index in [1.165, 1.54) is 22.2 Å². The minimum atomic E-state index is -0.158.